The van der Waals surface area contributed by atoms with Crippen LogP contribution in [0.2, 0.25) is 0 Å². The van der Waals surface area contributed by atoms with Crippen LogP contribution in [0.3, 0.4) is 0 Å². The summed E-state index contributed by atoms with van der Waals surface area (Å²) in [6.45, 7) is 9.34. The van der Waals surface area contributed by atoms with E-state index in [9.17, 15) is 0 Å². The number of allylic oxidation sites excluding steroid dienone is 2. The van der Waals surface area contributed by atoms with E-state index < -0.39 is 0 Å². The molecule has 0 unspecified atom stereocenters. The summed E-state index contributed by atoms with van der Waals surface area (Å²) in [5.41, 5.74) is 0. The Kier molecular flexibility index (Phi) is 19.2. The Bertz CT molecular complexity index is 90.7. The summed E-state index contributed by atoms with van der Waals surface area (Å²) in [5, 5.41) is 0. The van der Waals surface area contributed by atoms with Gasteiger partial charge in [-0.15, -0.1) is 0 Å². The average molecular weight is 125 g/mol. The Labute approximate surface area is 57.8 Å². The molecule has 0 bridgehead atoms. The molecule has 52 valence electrons. The van der Waals surface area contributed by atoms with Crippen molar-refractivity contribution in [2.75, 3.05) is 0 Å². The number of aliphatic imine (C=N–C) groups is 1. The van der Waals surface area contributed by atoms with Crippen LogP contribution in [-0.2, 0) is 0 Å². The first-order valence-electron chi connectivity index (χ1n) is 3.17. The maximum absolute atomic E-state index is 3.71. The molecule has 0 aliphatic rings. The first-order valence-corrected chi connectivity index (χ1v) is 3.17. The molecule has 0 aromatic rings. The van der Waals surface area contributed by atoms with Crippen molar-refractivity contribution in [3.63, 3.8) is 0 Å². The van der Waals surface area contributed by atoms with Gasteiger partial charge in [0.25, 0.3) is 0 Å². The smallest absolute Gasteiger partial charge is 0.0264 e. The summed E-state index contributed by atoms with van der Waals surface area (Å²) in [6.07, 6.45) is 6.95. The topological polar surface area (TPSA) is 12.4 Å². The third kappa shape index (κ3) is 19.1. The zero-order valence-electron chi connectivity index (χ0n) is 6.46. The van der Waals surface area contributed by atoms with Crippen LogP contribution < -0.4 is 0 Å². The molecule has 0 spiro atoms. The summed E-state index contributed by atoms with van der Waals surface area (Å²) in [4.78, 5) is 3.71. The highest BCUT2D eigenvalue weighted by Gasteiger charge is 1.52. The lowest BCUT2D eigenvalue weighted by Gasteiger charge is -1.66. The van der Waals surface area contributed by atoms with Crippen molar-refractivity contribution in [2.45, 2.75) is 20.8 Å². The predicted molar refractivity (Wildman–Crippen MR) is 44.9 cm³/mol. The number of nitrogens with zero attached hydrogens (tertiary/aromatic N) is 1. The second-order valence-corrected chi connectivity index (χ2v) is 1.01. The van der Waals surface area contributed by atoms with Crippen LogP contribution in [0.1, 0.15) is 20.8 Å². The Balaban J connectivity index is 0. The number of rotatable bonds is 2. The molecule has 0 amide bonds. The molecule has 0 atom stereocenters. The van der Waals surface area contributed by atoms with E-state index in [2.05, 4.69) is 11.6 Å². The summed E-state index contributed by atoms with van der Waals surface area (Å²) >= 11 is 0. The predicted octanol–water partition coefficient (Wildman–Crippen LogP) is 2.80. The van der Waals surface area contributed by atoms with E-state index >= 15 is 0 Å². The normalized spacial score (nSPS) is 9.22. The Morgan fingerprint density at radius 3 is 2.22 bits per heavy atom. The van der Waals surface area contributed by atoms with Gasteiger partial charge in [0.05, 0.1) is 0 Å². The van der Waals surface area contributed by atoms with Gasteiger partial charge in [0.2, 0.25) is 0 Å². The summed E-state index contributed by atoms with van der Waals surface area (Å²) in [7, 11) is 0. The van der Waals surface area contributed by atoms with E-state index in [0.29, 0.717) is 0 Å². The third-order valence-electron chi connectivity index (χ3n) is 0.470. The van der Waals surface area contributed by atoms with E-state index in [0.717, 1.165) is 0 Å². The van der Waals surface area contributed by atoms with Gasteiger partial charge in [-0.3, -0.25) is 4.99 Å². The fraction of sp³-hybridized carbons (Fsp3) is 0.375. The Morgan fingerprint density at radius 2 is 1.89 bits per heavy atom. The van der Waals surface area contributed by atoms with Crippen molar-refractivity contribution in [2.24, 2.45) is 4.99 Å². The quantitative estimate of drug-likeness (QED) is 0.503. The lowest BCUT2D eigenvalue weighted by molar-refractivity contribution is 1.50. The van der Waals surface area contributed by atoms with Gasteiger partial charge >= 0.3 is 0 Å². The van der Waals surface area contributed by atoms with E-state index in [4.69, 9.17) is 0 Å². The van der Waals surface area contributed by atoms with Crippen molar-refractivity contribution in [3.8, 4) is 0 Å². The molecule has 0 aromatic heterocycles. The van der Waals surface area contributed by atoms with Gasteiger partial charge < -0.3 is 0 Å². The van der Waals surface area contributed by atoms with Crippen LogP contribution in [0.15, 0.2) is 29.9 Å². The lowest BCUT2D eigenvalue weighted by Crippen LogP contribution is -1.55. The van der Waals surface area contributed by atoms with Crippen LogP contribution >= 0.6 is 0 Å². The van der Waals surface area contributed by atoms with E-state index in [1.165, 1.54) is 6.20 Å². The van der Waals surface area contributed by atoms with Gasteiger partial charge in [-0.1, -0.05) is 26.5 Å². The molecule has 0 saturated carbocycles. The maximum Gasteiger partial charge on any atom is 0.0264 e. The molecule has 0 aliphatic heterocycles. The van der Waals surface area contributed by atoms with Crippen LogP contribution in [0.25, 0.3) is 0 Å². The minimum Gasteiger partial charge on any atom is -0.265 e. The molecule has 0 N–H and O–H groups in total. The molecule has 0 aromatic carbocycles. The Hall–Kier alpha value is -0.850. The van der Waals surface area contributed by atoms with E-state index in [-0.39, 0.29) is 0 Å². The van der Waals surface area contributed by atoms with Gasteiger partial charge in [0, 0.05) is 12.4 Å². The summed E-state index contributed by atoms with van der Waals surface area (Å²) in [5.74, 6) is 0. The molecule has 1 heteroatoms. The standard InChI is InChI=1S/C6H9N.C2H6/c1-3-5-6-7-4-2;1-2/h3-6H,2H2,1H3;1-2H3/b5-3-,7-6?;. The molecule has 9 heavy (non-hydrogen) atoms. The molecule has 0 saturated heterocycles. The molecule has 0 aliphatic carbocycles. The van der Waals surface area contributed by atoms with Gasteiger partial charge in [-0.2, -0.15) is 0 Å². The fourth-order valence-corrected chi connectivity index (χ4v) is 0.197. The average Bonchev–Trinajstić information content (AvgIpc) is 1.94. The van der Waals surface area contributed by atoms with Crippen molar-refractivity contribution in [1.82, 2.24) is 0 Å². The van der Waals surface area contributed by atoms with E-state index in [1.54, 1.807) is 6.21 Å². The zero-order chi connectivity index (χ0) is 7.54. The summed E-state index contributed by atoms with van der Waals surface area (Å²) in [6, 6.07) is 0. The van der Waals surface area contributed by atoms with Crippen LogP contribution in [0, 0.1) is 0 Å². The van der Waals surface area contributed by atoms with Gasteiger partial charge in [-0.05, 0) is 13.0 Å². The van der Waals surface area contributed by atoms with Crippen molar-refractivity contribution in [3.05, 3.63) is 24.9 Å². The first-order chi connectivity index (χ1) is 4.41. The molecule has 0 fully saturated rings. The second kappa shape index (κ2) is 15.7. The van der Waals surface area contributed by atoms with Crippen molar-refractivity contribution < 1.29 is 0 Å². The highest BCUT2D eigenvalue weighted by molar-refractivity contribution is 5.71. The monoisotopic (exact) mass is 125 g/mol. The third-order valence-corrected chi connectivity index (χ3v) is 0.470. The number of hydrogen-bond acceptors (Lipinski definition) is 1. The van der Waals surface area contributed by atoms with Gasteiger partial charge in [-0.25, -0.2) is 0 Å². The number of hydrogen-bond donors (Lipinski definition) is 0. The van der Waals surface area contributed by atoms with Crippen LogP contribution in [0.5, 0.6) is 0 Å². The molecular weight excluding hydrogens is 110 g/mol. The molecule has 0 rings (SSSR count). The van der Waals surface area contributed by atoms with Crippen molar-refractivity contribution in [1.29, 1.82) is 0 Å². The van der Waals surface area contributed by atoms with Crippen LogP contribution in [0.4, 0.5) is 0 Å². The molecule has 1 nitrogen and oxygen atoms in total. The summed E-state index contributed by atoms with van der Waals surface area (Å²) < 4.78 is 0. The Morgan fingerprint density at radius 1 is 1.33 bits per heavy atom. The second-order valence-electron chi connectivity index (χ2n) is 1.01. The lowest BCUT2D eigenvalue weighted by atomic mass is 10.6. The zero-order valence-corrected chi connectivity index (χ0v) is 6.46. The van der Waals surface area contributed by atoms with Crippen molar-refractivity contribution >= 4 is 6.21 Å². The fourth-order valence-electron chi connectivity index (χ4n) is 0.197. The van der Waals surface area contributed by atoms with Gasteiger partial charge in [0.1, 0.15) is 0 Å². The maximum atomic E-state index is 3.71. The minimum absolute atomic E-state index is 1.50. The van der Waals surface area contributed by atoms with Crippen LogP contribution in [-0.4, -0.2) is 6.21 Å². The highest BCUT2D eigenvalue weighted by atomic mass is 14.6. The SMILES string of the molecule is C=CN=C/C=C\C.CC. The van der Waals surface area contributed by atoms with E-state index in [1.807, 2.05) is 32.9 Å². The highest BCUT2D eigenvalue weighted by Crippen LogP contribution is 1.66. The molecule has 0 heterocycles. The van der Waals surface area contributed by atoms with Gasteiger partial charge in [0.15, 0.2) is 0 Å². The molecule has 0 radical (unpaired) electrons. The largest absolute Gasteiger partial charge is 0.265 e. The minimum atomic E-state index is 1.50. The molecular formula is C8H15N. The first kappa shape index (κ1) is 11.0.